The molecular weight excluding hydrogens is 222 g/mol. The smallest absolute Gasteiger partial charge is 0.335 e. The molecule has 1 aromatic rings. The van der Waals surface area contributed by atoms with Crippen molar-refractivity contribution in [1.29, 1.82) is 0 Å². The summed E-state index contributed by atoms with van der Waals surface area (Å²) in [6.45, 7) is 0.268. The molecule has 2 rings (SSSR count). The summed E-state index contributed by atoms with van der Waals surface area (Å²) >= 11 is 0. The topological polar surface area (TPSA) is 96.5 Å². The average Bonchev–Trinajstić information content (AvgIpc) is 2.58. The van der Waals surface area contributed by atoms with Crippen LogP contribution in [0.3, 0.4) is 0 Å². The highest BCUT2D eigenvalue weighted by molar-refractivity contribution is 5.98. The van der Waals surface area contributed by atoms with Crippen LogP contribution < -0.4 is 5.73 Å². The van der Waals surface area contributed by atoms with Crippen molar-refractivity contribution < 1.29 is 14.7 Å². The lowest BCUT2D eigenvalue weighted by molar-refractivity contribution is -0.134. The summed E-state index contributed by atoms with van der Waals surface area (Å²) in [6, 6.07) is 3.50. The summed E-state index contributed by atoms with van der Waals surface area (Å²) in [5.74, 6) is -1.41. The van der Waals surface area contributed by atoms with E-state index in [1.807, 2.05) is 0 Å². The molecule has 17 heavy (non-hydrogen) atoms. The number of hydrogen-bond acceptors (Lipinski definition) is 4. The molecule has 0 atom stereocenters. The zero-order valence-corrected chi connectivity index (χ0v) is 8.96. The van der Waals surface area contributed by atoms with E-state index in [9.17, 15) is 9.59 Å². The zero-order valence-electron chi connectivity index (χ0n) is 8.96. The molecule has 3 N–H and O–H groups in total. The van der Waals surface area contributed by atoms with Gasteiger partial charge < -0.3 is 10.8 Å². The van der Waals surface area contributed by atoms with Crippen LogP contribution in [0.2, 0.25) is 0 Å². The summed E-state index contributed by atoms with van der Waals surface area (Å²) in [7, 11) is 0. The van der Waals surface area contributed by atoms with Gasteiger partial charge in [0.2, 0.25) is 5.91 Å². The van der Waals surface area contributed by atoms with Crippen molar-refractivity contribution in [3.63, 3.8) is 0 Å². The Morgan fingerprint density at radius 1 is 1.47 bits per heavy atom. The number of nitrogens with two attached hydrogens (primary N) is 1. The standard InChI is InChI=1S/C11H11N3O3/c12-10-8(11(16)17)5-9(15)14(10)6-7-1-3-13-4-2-7/h1-4H,5-6,12H2,(H,16,17). The minimum absolute atomic E-state index is 0.0271. The van der Waals surface area contributed by atoms with Crippen molar-refractivity contribution in [1.82, 2.24) is 9.88 Å². The maximum absolute atomic E-state index is 11.6. The van der Waals surface area contributed by atoms with Crippen LogP contribution in [0.5, 0.6) is 0 Å². The molecule has 0 spiro atoms. The molecule has 2 heterocycles. The van der Waals surface area contributed by atoms with Crippen LogP contribution >= 0.6 is 0 Å². The second-order valence-corrected chi connectivity index (χ2v) is 3.68. The van der Waals surface area contributed by atoms with E-state index in [4.69, 9.17) is 10.8 Å². The average molecular weight is 233 g/mol. The molecule has 0 saturated carbocycles. The Morgan fingerprint density at radius 3 is 2.65 bits per heavy atom. The van der Waals surface area contributed by atoms with Crippen molar-refractivity contribution in [3.05, 3.63) is 41.5 Å². The van der Waals surface area contributed by atoms with Crippen LogP contribution in [0.1, 0.15) is 12.0 Å². The molecule has 0 unspecified atom stereocenters. The highest BCUT2D eigenvalue weighted by Crippen LogP contribution is 2.22. The maximum atomic E-state index is 11.6. The lowest BCUT2D eigenvalue weighted by Gasteiger charge is -2.17. The molecular formula is C11H11N3O3. The largest absolute Gasteiger partial charge is 0.478 e. The van der Waals surface area contributed by atoms with Crippen LogP contribution in [0.15, 0.2) is 35.9 Å². The van der Waals surface area contributed by atoms with Gasteiger partial charge in [-0.15, -0.1) is 0 Å². The number of rotatable bonds is 3. The van der Waals surface area contributed by atoms with E-state index in [0.717, 1.165) is 5.56 Å². The molecule has 1 aliphatic heterocycles. The van der Waals surface area contributed by atoms with Crippen LogP contribution in [0.4, 0.5) is 0 Å². The van der Waals surface area contributed by atoms with E-state index >= 15 is 0 Å². The molecule has 0 fully saturated rings. The van der Waals surface area contributed by atoms with Crippen molar-refractivity contribution in [2.24, 2.45) is 5.73 Å². The van der Waals surface area contributed by atoms with Crippen molar-refractivity contribution in [2.75, 3.05) is 0 Å². The molecule has 1 aromatic heterocycles. The number of carbonyl (C=O) groups excluding carboxylic acids is 1. The van der Waals surface area contributed by atoms with Gasteiger partial charge >= 0.3 is 5.97 Å². The quantitative estimate of drug-likeness (QED) is 0.770. The first-order valence-corrected chi connectivity index (χ1v) is 5.01. The van der Waals surface area contributed by atoms with Crippen molar-refractivity contribution in [2.45, 2.75) is 13.0 Å². The Morgan fingerprint density at radius 2 is 2.12 bits per heavy atom. The Balaban J connectivity index is 2.22. The van der Waals surface area contributed by atoms with Gasteiger partial charge in [-0.2, -0.15) is 0 Å². The second kappa shape index (κ2) is 4.25. The van der Waals surface area contributed by atoms with Crippen molar-refractivity contribution >= 4 is 11.9 Å². The van der Waals surface area contributed by atoms with Gasteiger partial charge in [-0.05, 0) is 17.7 Å². The normalized spacial score (nSPS) is 15.5. The molecule has 6 heteroatoms. The Bertz CT molecular complexity index is 496. The first-order chi connectivity index (χ1) is 8.09. The van der Waals surface area contributed by atoms with E-state index in [1.165, 1.54) is 4.90 Å². The van der Waals surface area contributed by atoms with E-state index in [-0.39, 0.29) is 30.3 Å². The third-order valence-corrected chi connectivity index (χ3v) is 2.58. The number of amides is 1. The lowest BCUT2D eigenvalue weighted by Crippen LogP contribution is -2.28. The molecule has 0 radical (unpaired) electrons. The van der Waals surface area contributed by atoms with Gasteiger partial charge in [0.15, 0.2) is 0 Å². The highest BCUT2D eigenvalue weighted by atomic mass is 16.4. The SMILES string of the molecule is NC1=C(C(=O)O)CC(=O)N1Cc1ccncc1. The Kier molecular flexibility index (Phi) is 2.78. The molecule has 0 aliphatic carbocycles. The van der Waals surface area contributed by atoms with E-state index < -0.39 is 5.97 Å². The third kappa shape index (κ3) is 2.10. The summed E-state index contributed by atoms with van der Waals surface area (Å²) < 4.78 is 0. The minimum atomic E-state index is -1.15. The van der Waals surface area contributed by atoms with Gasteiger partial charge in [0.1, 0.15) is 5.82 Å². The first kappa shape index (κ1) is 11.1. The summed E-state index contributed by atoms with van der Waals surface area (Å²) in [6.07, 6.45) is 3.06. The van der Waals surface area contributed by atoms with Gasteiger partial charge in [-0.1, -0.05) is 0 Å². The molecule has 1 aliphatic rings. The third-order valence-electron chi connectivity index (χ3n) is 2.58. The fourth-order valence-corrected chi connectivity index (χ4v) is 1.66. The van der Waals surface area contributed by atoms with E-state index in [1.54, 1.807) is 24.5 Å². The van der Waals surface area contributed by atoms with Crippen LogP contribution in [0, 0.1) is 0 Å². The summed E-state index contributed by atoms with van der Waals surface area (Å²) in [4.78, 5) is 27.6. The van der Waals surface area contributed by atoms with Crippen LogP contribution in [-0.2, 0) is 16.1 Å². The number of pyridine rings is 1. The van der Waals surface area contributed by atoms with E-state index in [0.29, 0.717) is 0 Å². The van der Waals surface area contributed by atoms with Crippen molar-refractivity contribution in [3.8, 4) is 0 Å². The molecule has 0 aromatic carbocycles. The van der Waals surface area contributed by atoms with Gasteiger partial charge in [-0.25, -0.2) is 4.79 Å². The monoisotopic (exact) mass is 233 g/mol. The predicted octanol–water partition coefficient (Wildman–Crippen LogP) is 0.0688. The minimum Gasteiger partial charge on any atom is -0.478 e. The van der Waals surface area contributed by atoms with Gasteiger partial charge in [0, 0.05) is 12.4 Å². The zero-order chi connectivity index (χ0) is 12.4. The number of nitrogens with zero attached hydrogens (tertiary/aromatic N) is 2. The maximum Gasteiger partial charge on any atom is 0.335 e. The fraction of sp³-hybridized carbons (Fsp3) is 0.182. The number of hydrogen-bond donors (Lipinski definition) is 2. The number of carboxylic acid groups (broad SMARTS) is 1. The second-order valence-electron chi connectivity index (χ2n) is 3.68. The number of carboxylic acids is 1. The molecule has 0 saturated heterocycles. The van der Waals surface area contributed by atoms with Gasteiger partial charge in [0.25, 0.3) is 0 Å². The van der Waals surface area contributed by atoms with Crippen LogP contribution in [0.25, 0.3) is 0 Å². The lowest BCUT2D eigenvalue weighted by atomic mass is 10.2. The number of carbonyl (C=O) groups is 2. The Labute approximate surface area is 97.4 Å². The molecule has 0 bridgehead atoms. The number of aliphatic carboxylic acids is 1. The summed E-state index contributed by atoms with van der Waals surface area (Å²) in [5, 5.41) is 8.86. The van der Waals surface area contributed by atoms with Gasteiger partial charge in [0.05, 0.1) is 18.5 Å². The number of aromatic nitrogens is 1. The Hall–Kier alpha value is -2.37. The predicted molar refractivity (Wildman–Crippen MR) is 58.3 cm³/mol. The van der Waals surface area contributed by atoms with Gasteiger partial charge in [-0.3, -0.25) is 14.7 Å². The highest BCUT2D eigenvalue weighted by Gasteiger charge is 2.31. The molecule has 1 amide bonds. The van der Waals surface area contributed by atoms with E-state index in [2.05, 4.69) is 4.98 Å². The molecule has 6 nitrogen and oxygen atoms in total. The fourth-order valence-electron chi connectivity index (χ4n) is 1.66. The van der Waals surface area contributed by atoms with Crippen LogP contribution in [-0.4, -0.2) is 26.9 Å². The molecule has 88 valence electrons. The first-order valence-electron chi connectivity index (χ1n) is 5.01. The summed E-state index contributed by atoms with van der Waals surface area (Å²) in [5.41, 5.74) is 6.46.